The molecule has 248 valence electrons. The van der Waals surface area contributed by atoms with Crippen LogP contribution in [-0.4, -0.2) is 74.3 Å². The van der Waals surface area contributed by atoms with Crippen molar-refractivity contribution >= 4 is 50.8 Å². The minimum atomic E-state index is -0.543. The van der Waals surface area contributed by atoms with Crippen LogP contribution < -0.4 is 15.5 Å². The minimum Gasteiger partial charge on any atom is -0.371 e. The molecule has 0 saturated carbocycles. The van der Waals surface area contributed by atoms with Gasteiger partial charge in [0.25, 0.3) is 0 Å². The Morgan fingerprint density at radius 3 is 2.65 bits per heavy atom. The van der Waals surface area contributed by atoms with Gasteiger partial charge in [0, 0.05) is 61.5 Å². The molecule has 10 nitrogen and oxygen atoms in total. The third-order valence-corrected chi connectivity index (χ3v) is 10.3. The number of anilines is 2. The standard InChI is InChI=1S/C36H38ClFN8O2/c1-8-25(47)44-17-22-12-14-43(7)34-28-33(29(37)27(30(34)38)26-19(4)9-10-24-23(26)15-40-42-24)46(32-20(5)11-13-39-31(32)18(2)3)36(48)41-35(28)45(22)16-21(44)6/h8-11,13,15,18,21-22H,1,12,14,16-17H2,2-7H3,(H,40,42). The van der Waals surface area contributed by atoms with Crippen LogP contribution in [0.1, 0.15) is 49.9 Å². The number of benzene rings is 2. The number of rotatable bonds is 4. The average Bonchev–Trinajstić information content (AvgIpc) is 3.53. The first-order valence-corrected chi connectivity index (χ1v) is 16.6. The molecule has 1 saturated heterocycles. The zero-order chi connectivity index (χ0) is 34.2. The second-order valence-electron chi connectivity index (χ2n) is 13.3. The van der Waals surface area contributed by atoms with Gasteiger partial charge in [0.15, 0.2) is 5.82 Å². The second kappa shape index (κ2) is 11.7. The number of halogens is 2. The number of nitrogens with zero attached hydrogens (tertiary/aromatic N) is 7. The summed E-state index contributed by atoms with van der Waals surface area (Å²) in [4.78, 5) is 42.6. The van der Waals surface area contributed by atoms with Gasteiger partial charge in [-0.05, 0) is 62.4 Å². The maximum absolute atomic E-state index is 17.6. The number of carbonyl (C=O) groups excluding carboxylic acids is 1. The van der Waals surface area contributed by atoms with E-state index in [1.54, 1.807) is 17.3 Å². The summed E-state index contributed by atoms with van der Waals surface area (Å²) in [6, 6.07) is 5.28. The van der Waals surface area contributed by atoms with Crippen molar-refractivity contribution in [3.05, 3.63) is 81.4 Å². The zero-order valence-corrected chi connectivity index (χ0v) is 28.7. The summed E-state index contributed by atoms with van der Waals surface area (Å²) in [7, 11) is 1.85. The summed E-state index contributed by atoms with van der Waals surface area (Å²) >= 11 is 7.51. The van der Waals surface area contributed by atoms with Crippen LogP contribution >= 0.6 is 11.6 Å². The van der Waals surface area contributed by atoms with E-state index in [0.29, 0.717) is 65.4 Å². The van der Waals surface area contributed by atoms with Crippen molar-refractivity contribution in [1.29, 1.82) is 0 Å². The van der Waals surface area contributed by atoms with Gasteiger partial charge < -0.3 is 14.7 Å². The smallest absolute Gasteiger partial charge is 0.354 e. The number of carbonyl (C=O) groups is 1. The molecule has 1 fully saturated rings. The van der Waals surface area contributed by atoms with E-state index in [4.69, 9.17) is 21.6 Å². The summed E-state index contributed by atoms with van der Waals surface area (Å²) < 4.78 is 19.1. The maximum atomic E-state index is 17.6. The topological polar surface area (TPSA) is 103 Å². The van der Waals surface area contributed by atoms with Gasteiger partial charge in [0.05, 0.1) is 44.7 Å². The lowest BCUT2D eigenvalue weighted by atomic mass is 9.92. The number of fused-ring (bicyclic) bond motifs is 3. The summed E-state index contributed by atoms with van der Waals surface area (Å²) in [5, 5.41) is 8.50. The Morgan fingerprint density at radius 1 is 1.15 bits per heavy atom. The molecule has 2 aliphatic heterocycles. The van der Waals surface area contributed by atoms with Crippen molar-refractivity contribution in [2.24, 2.45) is 0 Å². The lowest BCUT2D eigenvalue weighted by Gasteiger charge is -2.47. The molecule has 5 heterocycles. The van der Waals surface area contributed by atoms with Gasteiger partial charge >= 0.3 is 5.69 Å². The molecule has 1 amide bonds. The van der Waals surface area contributed by atoms with Crippen LogP contribution in [0.3, 0.4) is 0 Å². The molecule has 2 atom stereocenters. The molecule has 2 aliphatic rings. The molecule has 0 radical (unpaired) electrons. The number of piperazine rings is 1. The average molecular weight is 669 g/mol. The molecule has 5 aromatic rings. The predicted molar refractivity (Wildman–Crippen MR) is 189 cm³/mol. The minimum absolute atomic E-state index is 0.0381. The summed E-state index contributed by atoms with van der Waals surface area (Å²) in [5.74, 6) is -0.334. The largest absolute Gasteiger partial charge is 0.371 e. The van der Waals surface area contributed by atoms with Crippen molar-refractivity contribution in [2.45, 2.75) is 59.0 Å². The van der Waals surface area contributed by atoms with Gasteiger partial charge in [-0.1, -0.05) is 38.1 Å². The van der Waals surface area contributed by atoms with Crippen molar-refractivity contribution in [3.8, 4) is 16.8 Å². The first kappa shape index (κ1) is 31.8. The maximum Gasteiger partial charge on any atom is 0.354 e. The highest BCUT2D eigenvalue weighted by Crippen LogP contribution is 2.49. The normalized spacial score (nSPS) is 18.0. The van der Waals surface area contributed by atoms with Crippen molar-refractivity contribution < 1.29 is 9.18 Å². The highest BCUT2D eigenvalue weighted by Gasteiger charge is 2.39. The van der Waals surface area contributed by atoms with Crippen LogP contribution in [0, 0.1) is 19.7 Å². The van der Waals surface area contributed by atoms with Crippen LogP contribution in [-0.2, 0) is 4.79 Å². The Labute approximate surface area is 282 Å². The first-order chi connectivity index (χ1) is 22.9. The predicted octanol–water partition coefficient (Wildman–Crippen LogP) is 6.29. The van der Waals surface area contributed by atoms with Crippen molar-refractivity contribution in [1.82, 2.24) is 29.6 Å². The Balaban J connectivity index is 1.66. The molecular formula is C36H38ClFN8O2. The van der Waals surface area contributed by atoms with Gasteiger partial charge in [-0.2, -0.15) is 10.1 Å². The first-order valence-electron chi connectivity index (χ1n) is 16.2. The van der Waals surface area contributed by atoms with E-state index < -0.39 is 11.5 Å². The van der Waals surface area contributed by atoms with Crippen molar-refractivity contribution in [2.75, 3.05) is 36.5 Å². The van der Waals surface area contributed by atoms with Gasteiger partial charge in [-0.15, -0.1) is 0 Å². The fraction of sp³-hybridized carbons (Fsp3) is 0.361. The summed E-state index contributed by atoms with van der Waals surface area (Å²) in [5.41, 5.74) is 4.57. The fourth-order valence-corrected chi connectivity index (χ4v) is 7.89. The molecule has 1 N–H and O–H groups in total. The van der Waals surface area contributed by atoms with Crippen LogP contribution in [0.4, 0.5) is 15.9 Å². The number of amides is 1. The molecule has 48 heavy (non-hydrogen) atoms. The Hall–Kier alpha value is -4.77. The van der Waals surface area contributed by atoms with Gasteiger partial charge in [-0.3, -0.25) is 19.4 Å². The number of H-pyrrole nitrogens is 1. The molecule has 7 rings (SSSR count). The molecule has 2 unspecified atom stereocenters. The van der Waals surface area contributed by atoms with Crippen LogP contribution in [0.15, 0.2) is 48.0 Å². The number of hydrogen-bond donors (Lipinski definition) is 1. The second-order valence-corrected chi connectivity index (χ2v) is 13.7. The molecule has 0 spiro atoms. The third-order valence-electron chi connectivity index (χ3n) is 9.93. The van der Waals surface area contributed by atoms with E-state index in [2.05, 4.69) is 21.7 Å². The number of aryl methyl sites for hydroxylation is 2. The van der Waals surface area contributed by atoms with Gasteiger partial charge in [-0.25, -0.2) is 9.18 Å². The number of pyridine rings is 1. The zero-order valence-electron chi connectivity index (χ0n) is 27.9. The lowest BCUT2D eigenvalue weighted by Crippen LogP contribution is -2.60. The van der Waals surface area contributed by atoms with Crippen molar-refractivity contribution in [3.63, 3.8) is 0 Å². The number of aromatic nitrogens is 5. The molecular weight excluding hydrogens is 631 g/mol. The van der Waals surface area contributed by atoms with Crippen LogP contribution in [0.2, 0.25) is 5.02 Å². The Kier molecular flexibility index (Phi) is 7.77. The van der Waals surface area contributed by atoms with E-state index in [1.807, 2.05) is 64.8 Å². The quantitative estimate of drug-likeness (QED) is 0.225. The monoisotopic (exact) mass is 668 g/mol. The molecule has 2 aromatic carbocycles. The fourth-order valence-electron chi connectivity index (χ4n) is 7.54. The number of hydrogen-bond acceptors (Lipinski definition) is 7. The number of nitrogens with one attached hydrogen (secondary N) is 1. The van der Waals surface area contributed by atoms with Gasteiger partial charge in [0.1, 0.15) is 5.82 Å². The van der Waals surface area contributed by atoms with E-state index in [-0.39, 0.29) is 34.5 Å². The highest BCUT2D eigenvalue weighted by atomic mass is 35.5. The van der Waals surface area contributed by atoms with E-state index in [9.17, 15) is 9.59 Å². The van der Waals surface area contributed by atoms with Gasteiger partial charge in [0.2, 0.25) is 5.91 Å². The number of aromatic amines is 1. The van der Waals surface area contributed by atoms with Crippen LogP contribution in [0.25, 0.3) is 38.6 Å². The Bertz CT molecular complexity index is 2210. The Morgan fingerprint density at radius 2 is 1.92 bits per heavy atom. The third kappa shape index (κ3) is 4.69. The van der Waals surface area contributed by atoms with Crippen LogP contribution in [0.5, 0.6) is 0 Å². The molecule has 0 aliphatic carbocycles. The molecule has 3 aromatic heterocycles. The van der Waals surface area contributed by atoms with E-state index in [1.165, 1.54) is 10.6 Å². The SMILES string of the molecule is C=CC(=O)N1CC2CCN(C)c3c(F)c(-c4c(C)ccc5[nH]ncc45)c(Cl)c4c3c(nc(=O)n4-c3c(C)ccnc3C(C)C)N2CC1C. The lowest BCUT2D eigenvalue weighted by molar-refractivity contribution is -0.128. The van der Waals surface area contributed by atoms with E-state index in [0.717, 1.165) is 22.0 Å². The molecule has 12 heteroatoms. The summed E-state index contributed by atoms with van der Waals surface area (Å²) in [6.07, 6.45) is 5.33. The van der Waals surface area contributed by atoms with E-state index >= 15 is 4.39 Å². The highest BCUT2D eigenvalue weighted by molar-refractivity contribution is 6.39. The molecule has 0 bridgehead atoms. The summed E-state index contributed by atoms with van der Waals surface area (Å²) in [6.45, 7) is 14.8.